The van der Waals surface area contributed by atoms with Crippen LogP contribution in [0.3, 0.4) is 0 Å². The number of rotatable bonds is 4. The molecule has 0 radical (unpaired) electrons. The van der Waals surface area contributed by atoms with Crippen molar-refractivity contribution in [1.82, 2.24) is 14.8 Å². The van der Waals surface area contributed by atoms with E-state index in [0.29, 0.717) is 12.5 Å². The van der Waals surface area contributed by atoms with Crippen LogP contribution in [0.2, 0.25) is 0 Å². The monoisotopic (exact) mass is 224 g/mol. The van der Waals surface area contributed by atoms with Crippen molar-refractivity contribution >= 4 is 0 Å². The number of hydrogen-bond acceptors (Lipinski definition) is 4. The fourth-order valence-corrected chi connectivity index (χ4v) is 2.08. The smallest absolute Gasteiger partial charge is 0.162 e. The van der Waals surface area contributed by atoms with E-state index in [9.17, 15) is 0 Å². The van der Waals surface area contributed by atoms with Gasteiger partial charge in [-0.3, -0.25) is 0 Å². The molecule has 1 aliphatic rings. The second kappa shape index (κ2) is 4.93. The first-order valence-corrected chi connectivity index (χ1v) is 5.96. The fraction of sp³-hybridized carbons (Fsp3) is 0.818. The first-order valence-electron chi connectivity index (χ1n) is 5.96. The van der Waals surface area contributed by atoms with Gasteiger partial charge in [-0.25, -0.2) is 0 Å². The van der Waals surface area contributed by atoms with Crippen LogP contribution < -0.4 is 5.73 Å². The lowest BCUT2D eigenvalue weighted by molar-refractivity contribution is 0.101. The van der Waals surface area contributed by atoms with Gasteiger partial charge in [0.15, 0.2) is 5.82 Å². The minimum absolute atomic E-state index is 0.117. The van der Waals surface area contributed by atoms with Crippen LogP contribution >= 0.6 is 0 Å². The number of nitrogens with two attached hydrogens (primary N) is 1. The highest BCUT2D eigenvalue weighted by molar-refractivity contribution is 5.00. The summed E-state index contributed by atoms with van der Waals surface area (Å²) in [5, 5.41) is 8.37. The number of aromatic nitrogens is 3. The molecule has 1 fully saturated rings. The molecule has 0 spiro atoms. The van der Waals surface area contributed by atoms with Crippen LogP contribution in [0.15, 0.2) is 0 Å². The second-order valence-electron chi connectivity index (χ2n) is 4.68. The van der Waals surface area contributed by atoms with Crippen molar-refractivity contribution in [3.05, 3.63) is 11.6 Å². The van der Waals surface area contributed by atoms with Crippen molar-refractivity contribution in [2.75, 3.05) is 6.61 Å². The van der Waals surface area contributed by atoms with E-state index >= 15 is 0 Å². The fourth-order valence-electron chi connectivity index (χ4n) is 2.08. The topological polar surface area (TPSA) is 66.0 Å². The molecule has 16 heavy (non-hydrogen) atoms. The summed E-state index contributed by atoms with van der Waals surface area (Å²) < 4.78 is 7.78. The van der Waals surface area contributed by atoms with Crippen molar-refractivity contribution in [3.63, 3.8) is 0 Å². The summed E-state index contributed by atoms with van der Waals surface area (Å²) >= 11 is 0. The predicted octanol–water partition coefficient (Wildman–Crippen LogP) is 1.24. The summed E-state index contributed by atoms with van der Waals surface area (Å²) in [5.41, 5.74) is 5.67. The molecule has 1 aromatic heterocycles. The molecule has 0 bridgehead atoms. The first-order chi connectivity index (χ1) is 7.72. The molecule has 1 atom stereocenters. The highest BCUT2D eigenvalue weighted by Crippen LogP contribution is 2.27. The summed E-state index contributed by atoms with van der Waals surface area (Å²) in [6.07, 6.45) is 2.27. The Balaban J connectivity index is 2.25. The molecule has 2 rings (SSSR count). The molecule has 1 aromatic rings. The molecule has 0 aromatic carbocycles. The van der Waals surface area contributed by atoms with E-state index in [-0.39, 0.29) is 6.10 Å². The normalized spacial score (nSPS) is 20.9. The molecule has 1 unspecified atom stereocenters. The Labute approximate surface area is 96.0 Å². The molecular formula is C11H20N4O. The minimum Gasteiger partial charge on any atom is -0.370 e. The van der Waals surface area contributed by atoms with E-state index in [4.69, 9.17) is 10.5 Å². The van der Waals surface area contributed by atoms with Crippen LogP contribution in [0.5, 0.6) is 0 Å². The molecule has 90 valence electrons. The lowest BCUT2D eigenvalue weighted by Crippen LogP contribution is -2.16. The first kappa shape index (κ1) is 11.5. The Hall–Kier alpha value is -0.940. The summed E-state index contributed by atoms with van der Waals surface area (Å²) in [6, 6.07) is 0. The van der Waals surface area contributed by atoms with Crippen molar-refractivity contribution < 1.29 is 4.74 Å². The van der Waals surface area contributed by atoms with Crippen molar-refractivity contribution in [1.29, 1.82) is 0 Å². The standard InChI is InChI=1S/C11H20N4O/c1-8(2)7-15-10(6-12)13-14-11(15)9-4-3-5-16-9/h8-9H,3-7,12H2,1-2H3. The molecule has 0 amide bonds. The zero-order valence-corrected chi connectivity index (χ0v) is 10.0. The van der Waals surface area contributed by atoms with Gasteiger partial charge in [-0.15, -0.1) is 10.2 Å². The summed E-state index contributed by atoms with van der Waals surface area (Å²) in [5.74, 6) is 2.37. The van der Waals surface area contributed by atoms with Gasteiger partial charge in [-0.1, -0.05) is 13.8 Å². The van der Waals surface area contributed by atoms with Crippen molar-refractivity contribution in [2.45, 2.75) is 45.9 Å². The van der Waals surface area contributed by atoms with Gasteiger partial charge in [0.1, 0.15) is 11.9 Å². The van der Waals surface area contributed by atoms with Crippen molar-refractivity contribution in [2.24, 2.45) is 11.7 Å². The van der Waals surface area contributed by atoms with E-state index in [2.05, 4.69) is 28.6 Å². The van der Waals surface area contributed by atoms with Crippen LogP contribution in [0, 0.1) is 5.92 Å². The highest BCUT2D eigenvalue weighted by atomic mass is 16.5. The van der Waals surface area contributed by atoms with E-state index in [1.165, 1.54) is 0 Å². The molecule has 5 heteroatoms. The molecule has 2 N–H and O–H groups in total. The van der Waals surface area contributed by atoms with Crippen LogP contribution in [0.1, 0.15) is 44.4 Å². The van der Waals surface area contributed by atoms with Gasteiger partial charge >= 0.3 is 0 Å². The molecule has 0 saturated carbocycles. The molecule has 1 aliphatic heterocycles. The zero-order valence-electron chi connectivity index (χ0n) is 10.0. The van der Waals surface area contributed by atoms with Crippen molar-refractivity contribution in [3.8, 4) is 0 Å². The molecule has 2 heterocycles. The third-order valence-electron chi connectivity index (χ3n) is 2.80. The molecule has 5 nitrogen and oxygen atoms in total. The van der Waals surface area contributed by atoms with Crippen LogP contribution in [0.25, 0.3) is 0 Å². The maximum atomic E-state index is 5.67. The number of hydrogen-bond donors (Lipinski definition) is 1. The van der Waals surface area contributed by atoms with Crippen LogP contribution in [-0.2, 0) is 17.8 Å². The zero-order chi connectivity index (χ0) is 11.5. The summed E-state index contributed by atoms with van der Waals surface area (Å²) in [7, 11) is 0. The largest absolute Gasteiger partial charge is 0.370 e. The number of nitrogens with zero attached hydrogens (tertiary/aromatic N) is 3. The van der Waals surface area contributed by atoms with E-state index in [1.54, 1.807) is 0 Å². The maximum Gasteiger partial charge on any atom is 0.162 e. The SMILES string of the molecule is CC(C)Cn1c(CN)nnc1C1CCCO1. The lowest BCUT2D eigenvalue weighted by atomic mass is 10.2. The van der Waals surface area contributed by atoms with Crippen LogP contribution in [0.4, 0.5) is 0 Å². The average molecular weight is 224 g/mol. The molecule has 0 aliphatic carbocycles. The van der Waals surface area contributed by atoms with Crippen LogP contribution in [-0.4, -0.2) is 21.4 Å². The van der Waals surface area contributed by atoms with Gasteiger partial charge in [-0.05, 0) is 18.8 Å². The molecule has 1 saturated heterocycles. The lowest BCUT2D eigenvalue weighted by Gasteiger charge is -2.15. The van der Waals surface area contributed by atoms with E-state index < -0.39 is 0 Å². The third-order valence-corrected chi connectivity index (χ3v) is 2.80. The van der Waals surface area contributed by atoms with Gasteiger partial charge in [0.2, 0.25) is 0 Å². The Morgan fingerprint density at radius 1 is 1.50 bits per heavy atom. The van der Waals surface area contributed by atoms with Gasteiger partial charge in [-0.2, -0.15) is 0 Å². The Bertz CT molecular complexity index is 342. The van der Waals surface area contributed by atoms with E-state index in [1.807, 2.05) is 0 Å². The highest BCUT2D eigenvalue weighted by Gasteiger charge is 2.25. The summed E-state index contributed by atoms with van der Waals surface area (Å²) in [4.78, 5) is 0. The third kappa shape index (κ3) is 2.25. The Morgan fingerprint density at radius 3 is 2.88 bits per heavy atom. The van der Waals surface area contributed by atoms with E-state index in [0.717, 1.165) is 37.6 Å². The summed E-state index contributed by atoms with van der Waals surface area (Å²) in [6.45, 7) is 6.54. The minimum atomic E-state index is 0.117. The Kier molecular flexibility index (Phi) is 3.56. The average Bonchev–Trinajstić information content (AvgIpc) is 2.84. The van der Waals surface area contributed by atoms with Gasteiger partial charge < -0.3 is 15.0 Å². The number of ether oxygens (including phenoxy) is 1. The Morgan fingerprint density at radius 2 is 2.31 bits per heavy atom. The predicted molar refractivity (Wildman–Crippen MR) is 60.7 cm³/mol. The van der Waals surface area contributed by atoms with Gasteiger partial charge in [0.25, 0.3) is 0 Å². The second-order valence-corrected chi connectivity index (χ2v) is 4.68. The van der Waals surface area contributed by atoms with Gasteiger partial charge in [0.05, 0.1) is 6.54 Å². The quantitative estimate of drug-likeness (QED) is 0.835. The molecular weight excluding hydrogens is 204 g/mol. The van der Waals surface area contributed by atoms with Gasteiger partial charge in [0, 0.05) is 13.2 Å². The maximum absolute atomic E-state index is 5.67.